The number of allylic oxidation sites excluding steroid dienone is 1. The molecule has 0 amide bonds. The Kier molecular flexibility index (Phi) is 7.70. The number of rotatable bonds is 3. The summed E-state index contributed by atoms with van der Waals surface area (Å²) in [6, 6.07) is 6.65. The van der Waals surface area contributed by atoms with E-state index >= 15 is 0 Å². The van der Waals surface area contributed by atoms with E-state index in [2.05, 4.69) is 45.5 Å². The van der Waals surface area contributed by atoms with Crippen LogP contribution in [0.1, 0.15) is 37.0 Å². The minimum atomic E-state index is -0.833. The summed E-state index contributed by atoms with van der Waals surface area (Å²) in [6.07, 6.45) is 2.14. The Hall–Kier alpha value is -0.980. The van der Waals surface area contributed by atoms with Crippen LogP contribution >= 0.6 is 8.69 Å². The van der Waals surface area contributed by atoms with Gasteiger partial charge in [-0.3, -0.25) is 0 Å². The lowest BCUT2D eigenvalue weighted by molar-refractivity contribution is 0.524. The molecule has 0 radical (unpaired) electrons. The number of benzene rings is 1. The third-order valence-electron chi connectivity index (χ3n) is 2.51. The van der Waals surface area contributed by atoms with E-state index in [4.69, 9.17) is 9.46 Å². The first-order chi connectivity index (χ1) is 7.60. The summed E-state index contributed by atoms with van der Waals surface area (Å²) < 4.78 is 8.46. The van der Waals surface area contributed by atoms with Crippen molar-refractivity contribution in [2.24, 2.45) is 0 Å². The van der Waals surface area contributed by atoms with Crippen LogP contribution in [0.4, 0.5) is 0 Å². The third kappa shape index (κ3) is 4.69. The van der Waals surface area contributed by atoms with Crippen molar-refractivity contribution in [1.82, 2.24) is 0 Å². The Balaban J connectivity index is 0.000000673. The molecule has 0 atom stereocenters. The number of hydrogen-bond donors (Lipinski definition) is 1. The average Bonchev–Trinajstić information content (AvgIpc) is 2.29. The first-order valence-corrected chi connectivity index (χ1v) is 6.11. The molecule has 0 aliphatic heterocycles. The van der Waals surface area contributed by atoms with E-state index in [-0.39, 0.29) is 0 Å². The molecule has 0 unspecified atom stereocenters. The summed E-state index contributed by atoms with van der Waals surface area (Å²) in [7, 11) is -0.833. The highest BCUT2D eigenvalue weighted by Crippen LogP contribution is 2.21. The van der Waals surface area contributed by atoms with E-state index in [1.807, 2.05) is 0 Å². The lowest BCUT2D eigenvalue weighted by Crippen LogP contribution is -1.89. The summed E-state index contributed by atoms with van der Waals surface area (Å²) in [5, 5.41) is 0. The molecule has 0 aliphatic carbocycles. The van der Waals surface area contributed by atoms with E-state index in [0.717, 1.165) is 12.8 Å². The summed E-state index contributed by atoms with van der Waals surface area (Å²) in [4.78, 5) is 6.99. The molecule has 0 aromatic heterocycles. The highest BCUT2D eigenvalue weighted by Gasteiger charge is 2.01. The van der Waals surface area contributed by atoms with Crippen LogP contribution in [0.3, 0.4) is 0 Å². The van der Waals surface area contributed by atoms with E-state index in [1.165, 1.54) is 22.3 Å². The van der Waals surface area contributed by atoms with Gasteiger partial charge < -0.3 is 4.89 Å². The van der Waals surface area contributed by atoms with Gasteiger partial charge >= 0.3 is 8.69 Å². The van der Waals surface area contributed by atoms with Crippen LogP contribution in [0.15, 0.2) is 24.8 Å². The molecule has 0 bridgehead atoms. The maximum Gasteiger partial charge on any atom is 0.324 e. The van der Waals surface area contributed by atoms with Gasteiger partial charge in [0, 0.05) is 0 Å². The zero-order valence-electron chi connectivity index (χ0n) is 10.2. The standard InChI is InChI=1S/C13H18.HO2P/c1-5-10(3)13-8-7-12(6-2)9-11(13)4;1-3-2/h7-9H,3,5-6H2,1-2,4H3;(H,1,2). The van der Waals surface area contributed by atoms with Gasteiger partial charge in [0.25, 0.3) is 0 Å². The van der Waals surface area contributed by atoms with Gasteiger partial charge in [0.15, 0.2) is 0 Å². The molecule has 0 spiro atoms. The Labute approximate surface area is 99.3 Å². The van der Waals surface area contributed by atoms with Crippen molar-refractivity contribution in [3.63, 3.8) is 0 Å². The molecule has 1 rings (SSSR count). The predicted molar refractivity (Wildman–Crippen MR) is 69.7 cm³/mol. The van der Waals surface area contributed by atoms with Crippen LogP contribution in [0.2, 0.25) is 0 Å². The van der Waals surface area contributed by atoms with Gasteiger partial charge in [-0.15, -0.1) is 0 Å². The van der Waals surface area contributed by atoms with Crippen molar-refractivity contribution in [3.8, 4) is 0 Å². The molecule has 3 heteroatoms. The zero-order chi connectivity index (χ0) is 12.6. The molecule has 0 fully saturated rings. The molecule has 2 nitrogen and oxygen atoms in total. The van der Waals surface area contributed by atoms with E-state index in [1.54, 1.807) is 0 Å². The molecule has 16 heavy (non-hydrogen) atoms. The maximum atomic E-state index is 8.46. The zero-order valence-corrected chi connectivity index (χ0v) is 11.1. The quantitative estimate of drug-likeness (QED) is 0.802. The Bertz CT molecular complexity index is 359. The van der Waals surface area contributed by atoms with Gasteiger partial charge in [-0.05, 0) is 42.0 Å². The molecule has 1 aromatic rings. The fourth-order valence-electron chi connectivity index (χ4n) is 1.53. The summed E-state index contributed by atoms with van der Waals surface area (Å²) in [5.74, 6) is 0. The number of hydrogen-bond acceptors (Lipinski definition) is 1. The SMILES string of the molecule is C=C(CC)c1ccc(CC)cc1C.O=PO. The molecule has 0 aliphatic rings. The lowest BCUT2D eigenvalue weighted by atomic mass is 9.97. The average molecular weight is 238 g/mol. The smallest absolute Gasteiger partial charge is 0.310 e. The topological polar surface area (TPSA) is 37.3 Å². The predicted octanol–water partition coefficient (Wildman–Crippen LogP) is 4.17. The van der Waals surface area contributed by atoms with E-state index in [9.17, 15) is 0 Å². The van der Waals surface area contributed by atoms with Gasteiger partial charge in [0.1, 0.15) is 0 Å². The Morgan fingerprint density at radius 3 is 2.38 bits per heavy atom. The van der Waals surface area contributed by atoms with Gasteiger partial charge in [0.05, 0.1) is 0 Å². The van der Waals surface area contributed by atoms with Crippen LogP contribution in [0.5, 0.6) is 0 Å². The fraction of sp³-hybridized carbons (Fsp3) is 0.385. The molecule has 1 aromatic carbocycles. The molecular formula is C13H19O2P. The largest absolute Gasteiger partial charge is 0.324 e. The van der Waals surface area contributed by atoms with Crippen molar-refractivity contribution < 1.29 is 9.46 Å². The maximum absolute atomic E-state index is 8.46. The van der Waals surface area contributed by atoms with Gasteiger partial charge in [-0.2, -0.15) is 0 Å². The van der Waals surface area contributed by atoms with Gasteiger partial charge in [-0.1, -0.05) is 38.6 Å². The van der Waals surface area contributed by atoms with Crippen molar-refractivity contribution in [2.45, 2.75) is 33.6 Å². The number of aryl methyl sites for hydroxylation is 2. The fourth-order valence-corrected chi connectivity index (χ4v) is 1.53. The molecule has 88 valence electrons. The Morgan fingerprint density at radius 1 is 1.44 bits per heavy atom. The highest BCUT2D eigenvalue weighted by molar-refractivity contribution is 7.16. The summed E-state index contributed by atoms with van der Waals surface area (Å²) in [5.41, 5.74) is 5.32. The van der Waals surface area contributed by atoms with Crippen LogP contribution in [-0.4, -0.2) is 4.89 Å². The summed E-state index contributed by atoms with van der Waals surface area (Å²) in [6.45, 7) is 10.6. The molecule has 0 saturated heterocycles. The van der Waals surface area contributed by atoms with Crippen molar-refractivity contribution in [1.29, 1.82) is 0 Å². The van der Waals surface area contributed by atoms with Crippen LogP contribution in [0.25, 0.3) is 5.57 Å². The molecule has 1 N–H and O–H groups in total. The van der Waals surface area contributed by atoms with Crippen LogP contribution in [-0.2, 0) is 11.0 Å². The van der Waals surface area contributed by atoms with Crippen LogP contribution in [0, 0.1) is 6.92 Å². The minimum Gasteiger partial charge on any atom is -0.310 e. The first kappa shape index (κ1) is 15.0. The van der Waals surface area contributed by atoms with Crippen molar-refractivity contribution in [3.05, 3.63) is 41.5 Å². The second-order valence-electron chi connectivity index (χ2n) is 3.54. The van der Waals surface area contributed by atoms with Crippen molar-refractivity contribution in [2.75, 3.05) is 0 Å². The first-order valence-electron chi connectivity index (χ1n) is 5.35. The van der Waals surface area contributed by atoms with Crippen LogP contribution < -0.4 is 0 Å². The molecule has 0 heterocycles. The third-order valence-corrected chi connectivity index (χ3v) is 2.51. The summed E-state index contributed by atoms with van der Waals surface area (Å²) >= 11 is 0. The van der Waals surface area contributed by atoms with E-state index < -0.39 is 8.69 Å². The van der Waals surface area contributed by atoms with Gasteiger partial charge in [0.2, 0.25) is 0 Å². The van der Waals surface area contributed by atoms with E-state index in [0.29, 0.717) is 0 Å². The monoisotopic (exact) mass is 238 g/mol. The second kappa shape index (κ2) is 8.20. The van der Waals surface area contributed by atoms with Gasteiger partial charge in [-0.25, -0.2) is 4.57 Å². The normalized spacial score (nSPS) is 9.50. The lowest BCUT2D eigenvalue weighted by Gasteiger charge is -2.08. The highest BCUT2D eigenvalue weighted by atomic mass is 31.1. The van der Waals surface area contributed by atoms with Crippen molar-refractivity contribution >= 4 is 14.3 Å². The minimum absolute atomic E-state index is 0.833. The molecular weight excluding hydrogens is 219 g/mol. The Morgan fingerprint density at radius 2 is 2.00 bits per heavy atom. The second-order valence-corrected chi connectivity index (χ2v) is 3.70. The molecule has 0 saturated carbocycles.